The van der Waals surface area contributed by atoms with E-state index in [2.05, 4.69) is 28.5 Å². The maximum atomic E-state index is 11.8. The number of carbonyl (C=O) groups excluding carboxylic acids is 1. The molecule has 2 unspecified atom stereocenters. The van der Waals surface area contributed by atoms with Gasteiger partial charge in [-0.05, 0) is 23.5 Å². The van der Waals surface area contributed by atoms with Gasteiger partial charge in [-0.1, -0.05) is 38.1 Å². The van der Waals surface area contributed by atoms with E-state index in [0.717, 1.165) is 12.3 Å². The fraction of sp³-hybridized carbons (Fsp3) is 0.429. The van der Waals surface area contributed by atoms with Gasteiger partial charge in [0.25, 0.3) is 0 Å². The van der Waals surface area contributed by atoms with Crippen molar-refractivity contribution in [1.29, 1.82) is 0 Å². The molecule has 0 fully saturated rings. The first-order valence-electron chi connectivity index (χ1n) is 6.13. The average Bonchev–Trinajstić information content (AvgIpc) is 2.62. The van der Waals surface area contributed by atoms with Gasteiger partial charge in [-0.15, -0.1) is 0 Å². The summed E-state index contributed by atoms with van der Waals surface area (Å²) < 4.78 is 0. The van der Waals surface area contributed by atoms with Gasteiger partial charge in [0.15, 0.2) is 0 Å². The minimum atomic E-state index is -0.197. The molecule has 3 heteroatoms. The molecular weight excluding hydrogens is 212 g/mol. The lowest BCUT2D eigenvalue weighted by atomic mass is 9.77. The maximum Gasteiger partial charge on any atom is 0.250 e. The predicted molar refractivity (Wildman–Crippen MR) is 67.1 cm³/mol. The van der Waals surface area contributed by atoms with Crippen LogP contribution in [0.25, 0.3) is 0 Å². The zero-order chi connectivity index (χ0) is 12.0. The molecule has 1 N–H and O–H groups in total. The van der Waals surface area contributed by atoms with E-state index < -0.39 is 0 Å². The minimum Gasteiger partial charge on any atom is -0.312 e. The lowest BCUT2D eigenvalue weighted by Crippen LogP contribution is -2.36. The quantitative estimate of drug-likeness (QED) is 0.825. The van der Waals surface area contributed by atoms with Crippen LogP contribution in [0.3, 0.4) is 0 Å². The molecule has 1 amide bonds. The summed E-state index contributed by atoms with van der Waals surface area (Å²) in [4.78, 5) is 16.3. The average molecular weight is 228 g/mol. The molecule has 0 bridgehead atoms. The second-order valence-electron chi connectivity index (χ2n) is 5.15. The van der Waals surface area contributed by atoms with Crippen molar-refractivity contribution in [3.63, 3.8) is 0 Å². The van der Waals surface area contributed by atoms with Crippen LogP contribution in [0.2, 0.25) is 0 Å². The van der Waals surface area contributed by atoms with E-state index in [4.69, 9.17) is 0 Å². The molecule has 1 aliphatic heterocycles. The Morgan fingerprint density at radius 2 is 2.12 bits per heavy atom. The molecule has 1 aliphatic carbocycles. The van der Waals surface area contributed by atoms with Crippen LogP contribution >= 0.6 is 0 Å². The molecular formula is C14H16N2O. The maximum absolute atomic E-state index is 11.8. The number of carbonyl (C=O) groups is 1. The number of amides is 1. The van der Waals surface area contributed by atoms with E-state index in [1.165, 1.54) is 11.1 Å². The second kappa shape index (κ2) is 3.69. The van der Waals surface area contributed by atoms with Crippen molar-refractivity contribution < 1.29 is 4.79 Å². The highest BCUT2D eigenvalue weighted by Crippen LogP contribution is 2.36. The Morgan fingerprint density at radius 3 is 2.76 bits per heavy atom. The van der Waals surface area contributed by atoms with Crippen molar-refractivity contribution in [3.05, 3.63) is 35.4 Å². The van der Waals surface area contributed by atoms with Gasteiger partial charge in [-0.3, -0.25) is 9.79 Å². The smallest absolute Gasteiger partial charge is 0.250 e. The van der Waals surface area contributed by atoms with Crippen LogP contribution < -0.4 is 5.32 Å². The van der Waals surface area contributed by atoms with Gasteiger partial charge in [0.2, 0.25) is 5.91 Å². The number of benzene rings is 1. The molecule has 2 atom stereocenters. The van der Waals surface area contributed by atoms with E-state index >= 15 is 0 Å². The number of nitrogens with one attached hydrogen (secondary N) is 1. The molecule has 3 rings (SSSR count). The summed E-state index contributed by atoms with van der Waals surface area (Å²) in [5, 5.41) is 2.94. The zero-order valence-corrected chi connectivity index (χ0v) is 10.1. The molecule has 0 saturated carbocycles. The Balaban J connectivity index is 1.85. The Labute approximate surface area is 101 Å². The van der Waals surface area contributed by atoms with Crippen LogP contribution in [0.15, 0.2) is 29.3 Å². The van der Waals surface area contributed by atoms with E-state index in [9.17, 15) is 4.79 Å². The van der Waals surface area contributed by atoms with E-state index in [1.807, 2.05) is 19.9 Å². The third-order valence-corrected chi connectivity index (χ3v) is 3.61. The lowest BCUT2D eigenvalue weighted by molar-refractivity contribution is -0.120. The summed E-state index contributed by atoms with van der Waals surface area (Å²) in [6.45, 7) is 4.07. The van der Waals surface area contributed by atoms with Crippen LogP contribution in [0.4, 0.5) is 0 Å². The lowest BCUT2D eigenvalue weighted by Gasteiger charge is -2.29. The van der Waals surface area contributed by atoms with Gasteiger partial charge >= 0.3 is 0 Å². The molecule has 0 saturated heterocycles. The largest absolute Gasteiger partial charge is 0.312 e. The van der Waals surface area contributed by atoms with Crippen LogP contribution in [0, 0.1) is 5.92 Å². The molecule has 3 nitrogen and oxygen atoms in total. The van der Waals surface area contributed by atoms with Crippen molar-refractivity contribution in [2.24, 2.45) is 10.9 Å². The van der Waals surface area contributed by atoms with Crippen molar-refractivity contribution in [3.8, 4) is 0 Å². The van der Waals surface area contributed by atoms with Crippen LogP contribution in [0.5, 0.6) is 0 Å². The molecule has 0 aromatic heterocycles. The molecule has 17 heavy (non-hydrogen) atoms. The first-order chi connectivity index (χ1) is 8.16. The number of hydrogen-bond acceptors (Lipinski definition) is 2. The van der Waals surface area contributed by atoms with E-state index in [1.54, 1.807) is 0 Å². The summed E-state index contributed by atoms with van der Waals surface area (Å²) >= 11 is 0. The number of hydrogen-bond donors (Lipinski definition) is 1. The highest BCUT2D eigenvalue weighted by Gasteiger charge is 2.37. The minimum absolute atomic E-state index is 0.0550. The fourth-order valence-corrected chi connectivity index (χ4v) is 2.57. The molecule has 1 aromatic carbocycles. The van der Waals surface area contributed by atoms with Gasteiger partial charge in [-0.2, -0.15) is 0 Å². The molecule has 88 valence electrons. The topological polar surface area (TPSA) is 41.5 Å². The number of amidine groups is 1. The molecule has 2 aliphatic rings. The van der Waals surface area contributed by atoms with Crippen molar-refractivity contribution in [1.82, 2.24) is 5.32 Å². The summed E-state index contributed by atoms with van der Waals surface area (Å²) in [5.41, 5.74) is 2.69. The van der Waals surface area contributed by atoms with E-state index in [0.29, 0.717) is 5.92 Å². The molecule has 0 radical (unpaired) electrons. The Hall–Kier alpha value is -1.64. The summed E-state index contributed by atoms with van der Waals surface area (Å²) in [6, 6.07) is 8.17. The highest BCUT2D eigenvalue weighted by molar-refractivity contribution is 6.09. The van der Waals surface area contributed by atoms with Gasteiger partial charge < -0.3 is 5.32 Å². The summed E-state index contributed by atoms with van der Waals surface area (Å²) in [5.74, 6) is 1.49. The van der Waals surface area contributed by atoms with Crippen LogP contribution in [-0.2, 0) is 11.2 Å². The Bertz CT molecular complexity index is 505. The van der Waals surface area contributed by atoms with Crippen molar-refractivity contribution in [2.75, 3.05) is 0 Å². The number of rotatable bonds is 2. The number of nitrogens with zero attached hydrogens (tertiary/aromatic N) is 1. The van der Waals surface area contributed by atoms with Gasteiger partial charge in [0.1, 0.15) is 11.9 Å². The standard InChI is InChI=1S/C14H16N2O/c1-8(2)12-14(17)16-13(15-12)11-7-9-5-3-4-6-10(9)11/h3-6,8,11-12H,7H2,1-2H3,(H,15,16,17). The zero-order valence-electron chi connectivity index (χ0n) is 10.1. The van der Waals surface area contributed by atoms with Crippen molar-refractivity contribution in [2.45, 2.75) is 32.2 Å². The van der Waals surface area contributed by atoms with Crippen LogP contribution in [0.1, 0.15) is 30.9 Å². The first-order valence-corrected chi connectivity index (χ1v) is 6.13. The summed E-state index contributed by atoms with van der Waals surface area (Å²) in [7, 11) is 0. The van der Waals surface area contributed by atoms with E-state index in [-0.39, 0.29) is 17.9 Å². The summed E-state index contributed by atoms with van der Waals surface area (Å²) in [6.07, 6.45) is 1.00. The third kappa shape index (κ3) is 1.57. The van der Waals surface area contributed by atoms with Gasteiger partial charge in [0, 0.05) is 5.92 Å². The molecule has 1 aromatic rings. The molecule has 0 spiro atoms. The molecule has 1 heterocycles. The fourth-order valence-electron chi connectivity index (χ4n) is 2.57. The number of aliphatic imine (C=N–C) groups is 1. The third-order valence-electron chi connectivity index (χ3n) is 3.61. The first kappa shape index (κ1) is 10.5. The van der Waals surface area contributed by atoms with Crippen LogP contribution in [-0.4, -0.2) is 17.8 Å². The van der Waals surface area contributed by atoms with Gasteiger partial charge in [0.05, 0.1) is 0 Å². The normalized spacial score (nSPS) is 26.3. The van der Waals surface area contributed by atoms with Gasteiger partial charge in [-0.25, -0.2) is 0 Å². The van der Waals surface area contributed by atoms with Crippen molar-refractivity contribution >= 4 is 11.7 Å². The highest BCUT2D eigenvalue weighted by atomic mass is 16.2. The Morgan fingerprint density at radius 1 is 1.35 bits per heavy atom. The predicted octanol–water partition coefficient (Wildman–Crippen LogP) is 1.88. The SMILES string of the molecule is CC(C)C1N=C(C2Cc3ccccc32)NC1=O. The Kier molecular flexibility index (Phi) is 2.28. The second-order valence-corrected chi connectivity index (χ2v) is 5.15. The number of fused-ring (bicyclic) bond motifs is 1. The monoisotopic (exact) mass is 228 g/mol.